The molecule has 3 heteroatoms. The van der Waals surface area contributed by atoms with Gasteiger partial charge in [0, 0.05) is 17.8 Å². The van der Waals surface area contributed by atoms with Crippen molar-refractivity contribution in [2.24, 2.45) is 11.8 Å². The Balaban J connectivity index is 2.09. The van der Waals surface area contributed by atoms with Crippen molar-refractivity contribution in [2.75, 3.05) is 18.2 Å². The first kappa shape index (κ1) is 12.1. The molecular formula is C14H22N2O. The quantitative estimate of drug-likeness (QED) is 0.790. The lowest BCUT2D eigenvalue weighted by Gasteiger charge is -2.21. The molecule has 3 atom stereocenters. The molecule has 94 valence electrons. The molecule has 0 saturated heterocycles. The van der Waals surface area contributed by atoms with E-state index in [1.165, 1.54) is 12.8 Å². The highest BCUT2D eigenvalue weighted by atomic mass is 16.5. The molecule has 1 aliphatic carbocycles. The molecule has 1 aliphatic rings. The van der Waals surface area contributed by atoms with E-state index < -0.39 is 0 Å². The van der Waals surface area contributed by atoms with Crippen LogP contribution in [0.4, 0.5) is 11.4 Å². The van der Waals surface area contributed by atoms with Crippen molar-refractivity contribution in [2.45, 2.75) is 32.7 Å². The van der Waals surface area contributed by atoms with Crippen molar-refractivity contribution in [3.63, 3.8) is 0 Å². The maximum Gasteiger partial charge on any atom is 0.143 e. The molecule has 1 aromatic rings. The Bertz CT molecular complexity index is 392. The van der Waals surface area contributed by atoms with E-state index in [9.17, 15) is 0 Å². The standard InChI is InChI=1S/C14H22N2O/c1-9-4-7-13(10(9)2)16-11-5-6-12(15)14(8-11)17-3/h5-6,8-10,13,16H,4,7,15H2,1-3H3. The van der Waals surface area contributed by atoms with E-state index in [-0.39, 0.29) is 0 Å². The number of ether oxygens (including phenoxy) is 1. The second-order valence-corrected chi connectivity index (χ2v) is 5.12. The molecule has 0 aromatic heterocycles. The number of nitrogens with one attached hydrogen (secondary N) is 1. The van der Waals surface area contributed by atoms with Crippen molar-refractivity contribution in [1.29, 1.82) is 0 Å². The van der Waals surface area contributed by atoms with Gasteiger partial charge in [0.15, 0.2) is 0 Å². The van der Waals surface area contributed by atoms with Crippen LogP contribution in [0.15, 0.2) is 18.2 Å². The Kier molecular flexibility index (Phi) is 3.46. The first-order valence-corrected chi connectivity index (χ1v) is 6.32. The summed E-state index contributed by atoms with van der Waals surface area (Å²) >= 11 is 0. The highest BCUT2D eigenvalue weighted by Gasteiger charge is 2.29. The average molecular weight is 234 g/mol. The van der Waals surface area contributed by atoms with Gasteiger partial charge in [0.1, 0.15) is 5.75 Å². The Morgan fingerprint density at radius 1 is 1.29 bits per heavy atom. The zero-order chi connectivity index (χ0) is 12.4. The zero-order valence-electron chi connectivity index (χ0n) is 10.9. The summed E-state index contributed by atoms with van der Waals surface area (Å²) in [7, 11) is 1.65. The number of nitrogens with two attached hydrogens (primary N) is 1. The Morgan fingerprint density at radius 2 is 2.06 bits per heavy atom. The molecule has 1 fully saturated rings. The molecule has 17 heavy (non-hydrogen) atoms. The number of rotatable bonds is 3. The summed E-state index contributed by atoms with van der Waals surface area (Å²) in [5, 5.41) is 3.59. The minimum Gasteiger partial charge on any atom is -0.495 e. The molecule has 0 bridgehead atoms. The fourth-order valence-corrected chi connectivity index (χ4v) is 2.58. The van der Waals surface area contributed by atoms with Crippen LogP contribution in [-0.4, -0.2) is 13.2 Å². The number of benzene rings is 1. The maximum atomic E-state index is 5.80. The van der Waals surface area contributed by atoms with Gasteiger partial charge in [-0.25, -0.2) is 0 Å². The molecule has 3 nitrogen and oxygen atoms in total. The molecule has 1 saturated carbocycles. The summed E-state index contributed by atoms with van der Waals surface area (Å²) in [6, 6.07) is 6.46. The molecule has 3 N–H and O–H groups in total. The smallest absolute Gasteiger partial charge is 0.143 e. The van der Waals surface area contributed by atoms with Crippen molar-refractivity contribution < 1.29 is 4.74 Å². The van der Waals surface area contributed by atoms with E-state index in [0.717, 1.165) is 23.3 Å². The largest absolute Gasteiger partial charge is 0.495 e. The van der Waals surface area contributed by atoms with Crippen LogP contribution in [0.1, 0.15) is 26.7 Å². The minimum atomic E-state index is 0.568. The first-order chi connectivity index (χ1) is 8.11. The summed E-state index contributed by atoms with van der Waals surface area (Å²) in [6.07, 6.45) is 2.56. The van der Waals surface area contributed by atoms with Gasteiger partial charge in [0.05, 0.1) is 12.8 Å². The third kappa shape index (κ3) is 2.48. The molecule has 2 rings (SSSR count). The average Bonchev–Trinajstić information content (AvgIpc) is 2.63. The Hall–Kier alpha value is -1.38. The summed E-state index contributed by atoms with van der Waals surface area (Å²) < 4.78 is 5.23. The van der Waals surface area contributed by atoms with Gasteiger partial charge >= 0.3 is 0 Å². The van der Waals surface area contributed by atoms with E-state index in [4.69, 9.17) is 10.5 Å². The second kappa shape index (κ2) is 4.86. The van der Waals surface area contributed by atoms with Crippen LogP contribution in [0.5, 0.6) is 5.75 Å². The lowest BCUT2D eigenvalue weighted by Crippen LogP contribution is -2.23. The SMILES string of the molecule is COc1cc(NC2CCC(C)C2C)ccc1N. The van der Waals surface area contributed by atoms with Gasteiger partial charge in [0.25, 0.3) is 0 Å². The normalized spacial score (nSPS) is 28.1. The number of methoxy groups -OCH3 is 1. The zero-order valence-corrected chi connectivity index (χ0v) is 10.9. The van der Waals surface area contributed by atoms with Crippen LogP contribution in [0.3, 0.4) is 0 Å². The Morgan fingerprint density at radius 3 is 2.65 bits per heavy atom. The van der Waals surface area contributed by atoms with E-state index in [1.807, 2.05) is 18.2 Å². The fraction of sp³-hybridized carbons (Fsp3) is 0.571. The molecular weight excluding hydrogens is 212 g/mol. The molecule has 0 radical (unpaired) electrons. The number of hydrogen-bond donors (Lipinski definition) is 2. The second-order valence-electron chi connectivity index (χ2n) is 5.12. The number of anilines is 2. The van der Waals surface area contributed by atoms with Gasteiger partial charge in [-0.3, -0.25) is 0 Å². The van der Waals surface area contributed by atoms with Crippen LogP contribution in [0.2, 0.25) is 0 Å². The lowest BCUT2D eigenvalue weighted by atomic mass is 9.97. The summed E-state index contributed by atoms with van der Waals surface area (Å²) in [6.45, 7) is 4.65. The van der Waals surface area contributed by atoms with E-state index in [0.29, 0.717) is 11.7 Å². The lowest BCUT2D eigenvalue weighted by molar-refractivity contribution is 0.416. The van der Waals surface area contributed by atoms with Crippen LogP contribution >= 0.6 is 0 Å². The van der Waals surface area contributed by atoms with Crippen LogP contribution < -0.4 is 15.8 Å². The highest BCUT2D eigenvalue weighted by molar-refractivity contribution is 5.61. The third-order valence-corrected chi connectivity index (χ3v) is 4.05. The number of hydrogen-bond acceptors (Lipinski definition) is 3. The third-order valence-electron chi connectivity index (χ3n) is 4.05. The monoisotopic (exact) mass is 234 g/mol. The van der Waals surface area contributed by atoms with E-state index in [2.05, 4.69) is 19.2 Å². The predicted molar refractivity (Wildman–Crippen MR) is 72.4 cm³/mol. The van der Waals surface area contributed by atoms with Crippen molar-refractivity contribution in [3.8, 4) is 5.75 Å². The Labute approximate surface area is 103 Å². The molecule has 0 aliphatic heterocycles. The van der Waals surface area contributed by atoms with Gasteiger partial charge in [0.2, 0.25) is 0 Å². The molecule has 0 heterocycles. The van der Waals surface area contributed by atoms with E-state index >= 15 is 0 Å². The molecule has 3 unspecified atom stereocenters. The van der Waals surface area contributed by atoms with Crippen molar-refractivity contribution >= 4 is 11.4 Å². The van der Waals surface area contributed by atoms with Crippen LogP contribution in [0, 0.1) is 11.8 Å². The summed E-state index contributed by atoms with van der Waals surface area (Å²) in [4.78, 5) is 0. The fourth-order valence-electron chi connectivity index (χ4n) is 2.58. The van der Waals surface area contributed by atoms with E-state index in [1.54, 1.807) is 7.11 Å². The molecule has 0 amide bonds. The summed E-state index contributed by atoms with van der Waals surface area (Å²) in [5.41, 5.74) is 7.59. The minimum absolute atomic E-state index is 0.568. The van der Waals surface area contributed by atoms with Crippen LogP contribution in [0.25, 0.3) is 0 Å². The predicted octanol–water partition coefficient (Wildman–Crippen LogP) is 3.12. The number of nitrogen functional groups attached to an aromatic ring is 1. The van der Waals surface area contributed by atoms with Gasteiger partial charge in [-0.2, -0.15) is 0 Å². The van der Waals surface area contributed by atoms with Gasteiger partial charge < -0.3 is 15.8 Å². The van der Waals surface area contributed by atoms with Gasteiger partial charge in [-0.1, -0.05) is 13.8 Å². The molecule has 0 spiro atoms. The first-order valence-electron chi connectivity index (χ1n) is 6.32. The maximum absolute atomic E-state index is 5.80. The topological polar surface area (TPSA) is 47.3 Å². The highest BCUT2D eigenvalue weighted by Crippen LogP contribution is 2.34. The van der Waals surface area contributed by atoms with Crippen molar-refractivity contribution in [3.05, 3.63) is 18.2 Å². The molecule has 1 aromatic carbocycles. The van der Waals surface area contributed by atoms with Crippen molar-refractivity contribution in [1.82, 2.24) is 0 Å². The van der Waals surface area contributed by atoms with Gasteiger partial charge in [-0.05, 0) is 36.8 Å². The van der Waals surface area contributed by atoms with Crippen LogP contribution in [-0.2, 0) is 0 Å². The summed E-state index contributed by atoms with van der Waals surface area (Å²) in [5.74, 6) is 2.27. The van der Waals surface area contributed by atoms with Gasteiger partial charge in [-0.15, -0.1) is 0 Å².